The van der Waals surface area contributed by atoms with Gasteiger partial charge in [-0.1, -0.05) is 70.4 Å². The monoisotopic (exact) mass is 569 g/mol. The van der Waals surface area contributed by atoms with Crippen LogP contribution in [-0.4, -0.2) is 65.1 Å². The van der Waals surface area contributed by atoms with Crippen molar-refractivity contribution < 1.29 is 24.0 Å². The van der Waals surface area contributed by atoms with Gasteiger partial charge in [0.05, 0.1) is 12.0 Å². The highest BCUT2D eigenvalue weighted by molar-refractivity contribution is 6.37. The van der Waals surface area contributed by atoms with Crippen LogP contribution >= 0.6 is 0 Å². The number of likely N-dealkylation sites (tertiary alicyclic amines) is 1. The SMILES string of the molecule is CC(C)(C)NC(=O)N[C@H](C(=O)N1CC[C@H](c2ccccc2)[C@H](C(=O)NC(CC2CCC2)C(=O)C(N)=O)C1)C(C)(C)C. The Bertz CT molecular complexity index is 1120. The number of piperidine rings is 1. The van der Waals surface area contributed by atoms with Gasteiger partial charge in [0.15, 0.2) is 0 Å². The Kier molecular flexibility index (Phi) is 10.2. The molecule has 1 aliphatic heterocycles. The standard InChI is InChI=1S/C31H47N5O5/c1-30(2,3)25(34-29(41)35-31(4,5)6)28(40)36-16-15-21(20-13-8-7-9-14-20)22(18-36)27(39)33-23(24(37)26(32)38)17-19-11-10-12-19/h7-9,13-14,19,21-23,25H,10-12,15-18H2,1-6H3,(H2,32,38)(H,33,39)(H2,34,35,41)/t21-,22-,23?,25-/m1/s1. The number of hydrogen-bond acceptors (Lipinski definition) is 5. The van der Waals surface area contributed by atoms with Crippen molar-refractivity contribution in [3.05, 3.63) is 35.9 Å². The average Bonchev–Trinajstić information content (AvgIpc) is 2.86. The number of carbonyl (C=O) groups excluding carboxylic acids is 5. The topological polar surface area (TPSA) is 151 Å². The van der Waals surface area contributed by atoms with Crippen LogP contribution in [0.3, 0.4) is 0 Å². The van der Waals surface area contributed by atoms with Crippen molar-refractivity contribution in [3.63, 3.8) is 0 Å². The first-order valence-electron chi connectivity index (χ1n) is 14.6. The zero-order chi connectivity index (χ0) is 30.5. The van der Waals surface area contributed by atoms with Crippen LogP contribution in [0.5, 0.6) is 0 Å². The van der Waals surface area contributed by atoms with E-state index in [-0.39, 0.29) is 30.2 Å². The van der Waals surface area contributed by atoms with E-state index < -0.39 is 46.7 Å². The van der Waals surface area contributed by atoms with Crippen molar-refractivity contribution in [3.8, 4) is 0 Å². The lowest BCUT2D eigenvalue weighted by atomic mass is 9.78. The largest absolute Gasteiger partial charge is 0.363 e. The first-order valence-corrected chi connectivity index (χ1v) is 14.6. The molecule has 10 heteroatoms. The van der Waals surface area contributed by atoms with Gasteiger partial charge in [0, 0.05) is 18.6 Å². The Morgan fingerprint density at radius 3 is 2.10 bits per heavy atom. The first-order chi connectivity index (χ1) is 19.1. The van der Waals surface area contributed by atoms with Crippen molar-refractivity contribution in [2.24, 2.45) is 23.0 Å². The van der Waals surface area contributed by atoms with E-state index in [1.165, 1.54) is 0 Å². The van der Waals surface area contributed by atoms with E-state index in [4.69, 9.17) is 5.73 Å². The van der Waals surface area contributed by atoms with E-state index in [0.29, 0.717) is 19.4 Å². The fourth-order valence-electron chi connectivity index (χ4n) is 5.60. The number of hydrogen-bond donors (Lipinski definition) is 4. The van der Waals surface area contributed by atoms with Crippen LogP contribution in [-0.2, 0) is 19.2 Å². The smallest absolute Gasteiger partial charge is 0.315 e. The van der Waals surface area contributed by atoms with Crippen LogP contribution in [0.1, 0.15) is 85.1 Å². The molecule has 10 nitrogen and oxygen atoms in total. The summed E-state index contributed by atoms with van der Waals surface area (Å²) in [5.41, 5.74) is 5.21. The molecule has 2 aliphatic rings. The maximum atomic E-state index is 13.9. The third kappa shape index (κ3) is 8.78. The van der Waals surface area contributed by atoms with Gasteiger partial charge in [-0.3, -0.25) is 19.2 Å². The van der Waals surface area contributed by atoms with Crippen LogP contribution in [0.4, 0.5) is 4.79 Å². The lowest BCUT2D eigenvalue weighted by Crippen LogP contribution is -2.61. The Labute approximate surface area is 243 Å². The highest BCUT2D eigenvalue weighted by Crippen LogP contribution is 2.35. The molecule has 1 heterocycles. The molecule has 1 aromatic carbocycles. The Balaban J connectivity index is 1.85. The number of primary amides is 1. The second kappa shape index (κ2) is 13.0. The fourth-order valence-corrected chi connectivity index (χ4v) is 5.60. The quantitative estimate of drug-likeness (QED) is 0.337. The van der Waals surface area contributed by atoms with Crippen molar-refractivity contribution in [2.45, 2.75) is 97.2 Å². The van der Waals surface area contributed by atoms with Crippen LogP contribution in [0.2, 0.25) is 0 Å². The fraction of sp³-hybridized carbons (Fsp3) is 0.645. The van der Waals surface area contributed by atoms with Gasteiger partial charge in [0.1, 0.15) is 6.04 Å². The molecule has 0 aromatic heterocycles. The molecule has 4 atom stereocenters. The van der Waals surface area contributed by atoms with Gasteiger partial charge >= 0.3 is 6.03 Å². The summed E-state index contributed by atoms with van der Waals surface area (Å²) in [7, 11) is 0. The molecule has 5 N–H and O–H groups in total. The minimum atomic E-state index is -1.07. The van der Waals surface area contributed by atoms with E-state index in [9.17, 15) is 24.0 Å². The number of Topliss-reactive ketones (excluding diaryl/α,β-unsaturated/α-hetero) is 1. The predicted molar refractivity (Wildman–Crippen MR) is 157 cm³/mol. The number of benzene rings is 1. The average molecular weight is 570 g/mol. The van der Waals surface area contributed by atoms with E-state index >= 15 is 0 Å². The number of ketones is 1. The predicted octanol–water partition coefficient (Wildman–Crippen LogP) is 2.86. The minimum Gasteiger partial charge on any atom is -0.363 e. The summed E-state index contributed by atoms with van der Waals surface area (Å²) in [6, 6.07) is 7.37. The molecule has 1 unspecified atom stereocenters. The second-order valence-corrected chi connectivity index (χ2v) is 13.7. The first kappa shape index (κ1) is 32.1. The van der Waals surface area contributed by atoms with E-state index in [2.05, 4.69) is 16.0 Å². The van der Waals surface area contributed by atoms with Gasteiger partial charge in [-0.05, 0) is 56.4 Å². The summed E-state index contributed by atoms with van der Waals surface area (Å²) < 4.78 is 0. The lowest BCUT2D eigenvalue weighted by molar-refractivity contribution is -0.142. The molecule has 5 amide bonds. The molecule has 0 radical (unpaired) electrons. The van der Waals surface area contributed by atoms with Crippen molar-refractivity contribution in [2.75, 3.05) is 13.1 Å². The lowest BCUT2D eigenvalue weighted by Gasteiger charge is -2.42. The van der Waals surface area contributed by atoms with Crippen LogP contribution in [0.25, 0.3) is 0 Å². The summed E-state index contributed by atoms with van der Waals surface area (Å²) in [6.07, 6.45) is 3.85. The molecule has 226 valence electrons. The van der Waals surface area contributed by atoms with Crippen LogP contribution < -0.4 is 21.7 Å². The maximum absolute atomic E-state index is 13.9. The summed E-state index contributed by atoms with van der Waals surface area (Å²) in [5.74, 6) is -3.13. The number of rotatable bonds is 9. The number of nitrogens with two attached hydrogens (primary N) is 1. The van der Waals surface area contributed by atoms with Crippen LogP contribution in [0.15, 0.2) is 30.3 Å². The normalized spacial score (nSPS) is 21.2. The Morgan fingerprint density at radius 2 is 1.59 bits per heavy atom. The third-order valence-electron chi connectivity index (χ3n) is 8.04. The second-order valence-electron chi connectivity index (χ2n) is 13.7. The maximum Gasteiger partial charge on any atom is 0.315 e. The molecule has 1 saturated heterocycles. The number of urea groups is 1. The molecule has 0 bridgehead atoms. The molecular formula is C31H47N5O5. The van der Waals surface area contributed by atoms with Gasteiger partial charge in [-0.25, -0.2) is 4.79 Å². The molecule has 1 aromatic rings. The molecule has 41 heavy (non-hydrogen) atoms. The van der Waals surface area contributed by atoms with Gasteiger partial charge in [0.2, 0.25) is 17.6 Å². The minimum absolute atomic E-state index is 0.111. The zero-order valence-corrected chi connectivity index (χ0v) is 25.3. The zero-order valence-electron chi connectivity index (χ0n) is 25.3. The van der Waals surface area contributed by atoms with Gasteiger partial charge in [-0.15, -0.1) is 0 Å². The highest BCUT2D eigenvalue weighted by Gasteiger charge is 2.43. The molecular weight excluding hydrogens is 522 g/mol. The summed E-state index contributed by atoms with van der Waals surface area (Å²) in [6.45, 7) is 11.7. The number of carbonyl (C=O) groups is 5. The van der Waals surface area contributed by atoms with Crippen molar-refractivity contribution >= 4 is 29.5 Å². The number of amides is 5. The summed E-state index contributed by atoms with van der Waals surface area (Å²) >= 11 is 0. The van der Waals surface area contributed by atoms with Gasteiger partial charge < -0.3 is 26.6 Å². The Hall–Kier alpha value is -3.43. The van der Waals surface area contributed by atoms with Crippen molar-refractivity contribution in [1.82, 2.24) is 20.9 Å². The molecule has 1 aliphatic carbocycles. The van der Waals surface area contributed by atoms with Gasteiger partial charge in [0.25, 0.3) is 5.91 Å². The highest BCUT2D eigenvalue weighted by atomic mass is 16.2. The van der Waals surface area contributed by atoms with Gasteiger partial charge in [-0.2, -0.15) is 0 Å². The Morgan fingerprint density at radius 1 is 0.951 bits per heavy atom. The molecule has 2 fully saturated rings. The molecule has 1 saturated carbocycles. The van der Waals surface area contributed by atoms with Crippen LogP contribution in [0, 0.1) is 17.3 Å². The number of nitrogens with zero attached hydrogens (tertiary/aromatic N) is 1. The summed E-state index contributed by atoms with van der Waals surface area (Å²) in [4.78, 5) is 66.6. The van der Waals surface area contributed by atoms with E-state index in [1.807, 2.05) is 71.9 Å². The van der Waals surface area contributed by atoms with E-state index in [0.717, 1.165) is 24.8 Å². The number of nitrogens with one attached hydrogen (secondary N) is 3. The molecule has 3 rings (SSSR count). The summed E-state index contributed by atoms with van der Waals surface area (Å²) in [5, 5.41) is 8.54. The van der Waals surface area contributed by atoms with Crippen molar-refractivity contribution in [1.29, 1.82) is 0 Å². The molecule has 0 spiro atoms. The third-order valence-corrected chi connectivity index (χ3v) is 8.04. The van der Waals surface area contributed by atoms with E-state index in [1.54, 1.807) is 4.90 Å².